The van der Waals surface area contributed by atoms with E-state index in [1.165, 1.54) is 22.1 Å². The number of nitrogens with zero attached hydrogens (tertiary/aromatic N) is 2. The van der Waals surface area contributed by atoms with Crippen molar-refractivity contribution in [1.29, 1.82) is 0 Å². The Kier molecular flexibility index (Phi) is 5.82. The second-order valence-electron chi connectivity index (χ2n) is 13.2. The van der Waals surface area contributed by atoms with Crippen LogP contribution in [0.1, 0.15) is 51.3 Å². The largest absolute Gasteiger partial charge is 0.457 e. The van der Waals surface area contributed by atoms with Crippen LogP contribution in [0.5, 0.6) is 11.5 Å². The fraction of sp³-hybridized carbons (Fsp3) is 0.216. The molecular formula is C37H36N2O2Si. The van der Waals surface area contributed by atoms with E-state index >= 15 is 0 Å². The molecule has 2 aromatic heterocycles. The monoisotopic (exact) mass is 568 g/mol. The molecule has 0 saturated carbocycles. The van der Waals surface area contributed by atoms with Crippen LogP contribution in [0.4, 0.5) is 0 Å². The maximum Gasteiger partial charge on any atom is 0.250 e. The third kappa shape index (κ3) is 4.03. The van der Waals surface area contributed by atoms with Gasteiger partial charge in [-0.15, -0.1) is 0 Å². The molecule has 0 aliphatic carbocycles. The van der Waals surface area contributed by atoms with Crippen LogP contribution in [0.3, 0.4) is 0 Å². The van der Waals surface area contributed by atoms with E-state index in [9.17, 15) is 4.80 Å². The number of fused-ring (bicyclic) bond motifs is 5. The number of hydrogen-bond donors (Lipinski definition) is 1. The third-order valence-corrected chi connectivity index (χ3v) is 12.0. The lowest BCUT2D eigenvalue weighted by Crippen LogP contribution is -2.64. The second-order valence-corrected chi connectivity index (χ2v) is 16.5. The lowest BCUT2D eigenvalue weighted by molar-refractivity contribution is 0.482. The fourth-order valence-corrected chi connectivity index (χ4v) is 9.66. The van der Waals surface area contributed by atoms with Gasteiger partial charge in [-0.05, 0) is 81.5 Å². The van der Waals surface area contributed by atoms with E-state index in [0.717, 1.165) is 44.1 Å². The van der Waals surface area contributed by atoms with Gasteiger partial charge in [-0.25, -0.2) is 4.98 Å². The highest BCUT2D eigenvalue weighted by Crippen LogP contribution is 2.38. The molecular weight excluding hydrogens is 533 g/mol. The first-order valence-electron chi connectivity index (χ1n) is 14.6. The fourth-order valence-electron chi connectivity index (χ4n) is 6.68. The summed E-state index contributed by atoms with van der Waals surface area (Å²) < 4.78 is 8.78. The number of pyridine rings is 1. The van der Waals surface area contributed by atoms with Gasteiger partial charge >= 0.3 is 0 Å². The predicted molar refractivity (Wildman–Crippen MR) is 175 cm³/mol. The van der Waals surface area contributed by atoms with Crippen molar-refractivity contribution in [2.24, 2.45) is 0 Å². The molecule has 5 heteroatoms. The Morgan fingerprint density at radius 2 is 1.40 bits per heavy atom. The molecule has 0 spiro atoms. The van der Waals surface area contributed by atoms with Crippen LogP contribution < -0.4 is 15.1 Å². The number of benzene rings is 4. The molecule has 4 nitrogen and oxygen atoms in total. The number of rotatable bonds is 3. The Hall–Kier alpha value is -4.19. The molecule has 210 valence electrons. The molecule has 0 radical (unpaired) electrons. The van der Waals surface area contributed by atoms with Gasteiger partial charge in [0.2, 0.25) is 8.32 Å². The van der Waals surface area contributed by atoms with Gasteiger partial charge in [0.1, 0.15) is 17.3 Å². The van der Waals surface area contributed by atoms with Gasteiger partial charge in [-0.2, -0.15) is 0 Å². The van der Waals surface area contributed by atoms with Gasteiger partial charge in [0.05, 0.1) is 11.0 Å². The Morgan fingerprint density at radius 3 is 2.21 bits per heavy atom. The zero-order valence-electron chi connectivity index (χ0n) is 25.1. The highest BCUT2D eigenvalue weighted by atomic mass is 28.4. The van der Waals surface area contributed by atoms with Crippen LogP contribution in [0.25, 0.3) is 27.6 Å². The van der Waals surface area contributed by atoms with Crippen LogP contribution in [-0.4, -0.2) is 22.7 Å². The van der Waals surface area contributed by atoms with Crippen molar-refractivity contribution in [1.82, 2.24) is 9.55 Å². The van der Waals surface area contributed by atoms with Gasteiger partial charge in [0.15, 0.2) is 0 Å². The maximum absolute atomic E-state index is 11.9. The summed E-state index contributed by atoms with van der Waals surface area (Å²) in [6.07, 6.45) is 1.90. The number of hydrogen-bond acceptors (Lipinski definition) is 3. The molecule has 1 unspecified atom stereocenters. The standard InChI is InChI=1S/C37H36N2O2Si/c1-36(2,3)24-19-20-38-35(21-24)39-31-13-9-7-11-27(31)28-17-15-25(22-32(28)39)41-26-16-18-30-34(23-26)42(6,40)33-14-10-8-12-29(33)37(30,4)5/h7-23,40H,1-6H3. The molecule has 7 rings (SSSR count). The maximum atomic E-state index is 11.9. The molecule has 0 bridgehead atoms. The predicted octanol–water partition coefficient (Wildman–Crippen LogP) is 7.59. The van der Waals surface area contributed by atoms with Gasteiger partial charge in [-0.1, -0.05) is 83.1 Å². The average Bonchev–Trinajstić information content (AvgIpc) is 3.30. The summed E-state index contributed by atoms with van der Waals surface area (Å²) in [7, 11) is -2.90. The average molecular weight is 569 g/mol. The molecule has 3 heterocycles. The topological polar surface area (TPSA) is 47.3 Å². The third-order valence-electron chi connectivity index (χ3n) is 9.04. The van der Waals surface area contributed by atoms with Crippen LogP contribution >= 0.6 is 0 Å². The van der Waals surface area contributed by atoms with Crippen LogP contribution in [0, 0.1) is 0 Å². The Bertz CT molecular complexity index is 2010. The van der Waals surface area contributed by atoms with Crippen molar-refractivity contribution in [3.63, 3.8) is 0 Å². The van der Waals surface area contributed by atoms with Crippen LogP contribution in [0.15, 0.2) is 103 Å². The summed E-state index contributed by atoms with van der Waals surface area (Å²) >= 11 is 0. The van der Waals surface area contributed by atoms with E-state index in [4.69, 9.17) is 9.72 Å². The van der Waals surface area contributed by atoms with E-state index in [1.807, 2.05) is 30.9 Å². The van der Waals surface area contributed by atoms with E-state index < -0.39 is 8.32 Å². The summed E-state index contributed by atoms with van der Waals surface area (Å²) in [4.78, 5) is 16.7. The Balaban J connectivity index is 1.35. The second kappa shape index (κ2) is 9.15. The van der Waals surface area contributed by atoms with Crippen molar-refractivity contribution in [3.8, 4) is 17.3 Å². The normalized spacial score (nSPS) is 17.7. The molecule has 42 heavy (non-hydrogen) atoms. The molecule has 0 amide bonds. The van der Waals surface area contributed by atoms with Crippen molar-refractivity contribution in [3.05, 3.63) is 120 Å². The number of ether oxygens (including phenoxy) is 1. The first-order chi connectivity index (χ1) is 20.0. The summed E-state index contributed by atoms with van der Waals surface area (Å²) in [5, 5.41) is 4.43. The molecule has 1 aliphatic rings. The summed E-state index contributed by atoms with van der Waals surface area (Å²) in [6, 6.07) is 33.6. The van der Waals surface area contributed by atoms with Crippen LogP contribution in [-0.2, 0) is 10.8 Å². The lowest BCUT2D eigenvalue weighted by atomic mass is 9.77. The first-order valence-corrected chi connectivity index (χ1v) is 17.1. The van der Waals surface area contributed by atoms with Crippen molar-refractivity contribution in [2.75, 3.05) is 0 Å². The van der Waals surface area contributed by atoms with E-state index in [-0.39, 0.29) is 10.8 Å². The molecule has 1 aliphatic heterocycles. The smallest absolute Gasteiger partial charge is 0.250 e. The van der Waals surface area contributed by atoms with E-state index in [2.05, 4.69) is 118 Å². The highest BCUT2D eigenvalue weighted by molar-refractivity contribution is 6.96. The van der Waals surface area contributed by atoms with Gasteiger partial charge in [0, 0.05) is 28.5 Å². The zero-order valence-corrected chi connectivity index (χ0v) is 26.1. The SMILES string of the molecule is CC(C)(C)c1ccnc(-n2c3ccccc3c3ccc(Oc4ccc5c(c4)[Si](C)(O)c4ccccc4C5(C)C)cc32)c1. The van der Waals surface area contributed by atoms with Crippen molar-refractivity contribution in [2.45, 2.75) is 52.0 Å². The van der Waals surface area contributed by atoms with Gasteiger partial charge in [0.25, 0.3) is 0 Å². The molecule has 0 saturated heterocycles. The Morgan fingerprint density at radius 1 is 0.738 bits per heavy atom. The van der Waals surface area contributed by atoms with E-state index in [0.29, 0.717) is 0 Å². The summed E-state index contributed by atoms with van der Waals surface area (Å²) in [6.45, 7) is 13.2. The van der Waals surface area contributed by atoms with Crippen molar-refractivity contribution < 1.29 is 9.53 Å². The summed E-state index contributed by atoms with van der Waals surface area (Å²) in [5.41, 5.74) is 5.59. The number of para-hydroxylation sites is 1. The quantitative estimate of drug-likeness (QED) is 0.224. The number of aromatic nitrogens is 2. The van der Waals surface area contributed by atoms with Crippen LogP contribution in [0.2, 0.25) is 6.55 Å². The first kappa shape index (κ1) is 26.7. The Labute approximate surface area is 248 Å². The molecule has 6 aromatic rings. The minimum absolute atomic E-state index is 0.0107. The van der Waals surface area contributed by atoms with E-state index in [1.54, 1.807) is 0 Å². The molecule has 4 aromatic carbocycles. The molecule has 0 fully saturated rings. The highest BCUT2D eigenvalue weighted by Gasteiger charge is 2.45. The minimum Gasteiger partial charge on any atom is -0.457 e. The van der Waals surface area contributed by atoms with Gasteiger partial charge in [-0.3, -0.25) is 4.57 Å². The minimum atomic E-state index is -2.90. The zero-order chi connectivity index (χ0) is 29.4. The van der Waals surface area contributed by atoms with Gasteiger partial charge < -0.3 is 9.53 Å². The molecule has 1 N–H and O–H groups in total. The lowest BCUT2D eigenvalue weighted by Gasteiger charge is -2.41. The summed E-state index contributed by atoms with van der Waals surface area (Å²) in [5.74, 6) is 2.37. The molecule has 1 atom stereocenters. The van der Waals surface area contributed by atoms with Crippen molar-refractivity contribution >= 4 is 40.5 Å².